The molecule has 0 heterocycles. The van der Waals surface area contributed by atoms with Crippen molar-refractivity contribution in [2.24, 2.45) is 4.99 Å². The number of hydrogen-bond donors (Lipinski definition) is 0. The van der Waals surface area contributed by atoms with Crippen molar-refractivity contribution >= 4 is 5.71 Å². The van der Waals surface area contributed by atoms with Crippen molar-refractivity contribution in [2.75, 3.05) is 0 Å². The highest BCUT2D eigenvalue weighted by molar-refractivity contribution is 6.25. The Bertz CT molecular complexity index is 1070. The maximum Gasteiger partial charge on any atom is 0.417 e. The SMILES string of the molecule is Cc1cc2c(cc1C#N)-c1cc(C#N)c(C(F)(F)F)cc1C2=NC#N. The number of aliphatic imine (C=N–C) groups is 1. The summed E-state index contributed by atoms with van der Waals surface area (Å²) in [4.78, 5) is 3.67. The van der Waals surface area contributed by atoms with Gasteiger partial charge in [0.05, 0.1) is 34.5 Å². The zero-order chi connectivity index (χ0) is 18.4. The highest BCUT2D eigenvalue weighted by atomic mass is 19.4. The van der Waals surface area contributed by atoms with E-state index in [0.29, 0.717) is 27.8 Å². The van der Waals surface area contributed by atoms with E-state index in [2.05, 4.69) is 4.99 Å². The Morgan fingerprint density at radius 3 is 1.92 bits per heavy atom. The van der Waals surface area contributed by atoms with Gasteiger partial charge in [0.25, 0.3) is 0 Å². The maximum atomic E-state index is 13.2. The molecule has 2 aromatic rings. The van der Waals surface area contributed by atoms with Crippen molar-refractivity contribution in [3.05, 3.63) is 57.6 Å². The molecular weight excluding hydrogens is 329 g/mol. The van der Waals surface area contributed by atoms with Crippen LogP contribution in [0.2, 0.25) is 0 Å². The molecule has 0 unspecified atom stereocenters. The molecule has 0 saturated heterocycles. The van der Waals surface area contributed by atoms with Crippen LogP contribution in [0.4, 0.5) is 13.2 Å². The first-order valence-electron chi connectivity index (χ1n) is 6.99. The van der Waals surface area contributed by atoms with E-state index in [1.165, 1.54) is 6.07 Å². The zero-order valence-electron chi connectivity index (χ0n) is 12.7. The Morgan fingerprint density at radius 2 is 1.40 bits per heavy atom. The lowest BCUT2D eigenvalue weighted by Crippen LogP contribution is -2.10. The van der Waals surface area contributed by atoms with Crippen molar-refractivity contribution in [1.29, 1.82) is 15.8 Å². The first-order chi connectivity index (χ1) is 11.8. The third-order valence-electron chi connectivity index (χ3n) is 4.03. The molecule has 1 aliphatic rings. The minimum atomic E-state index is -4.71. The van der Waals surface area contributed by atoms with Crippen molar-refractivity contribution in [2.45, 2.75) is 13.1 Å². The summed E-state index contributed by atoms with van der Waals surface area (Å²) in [6.07, 6.45) is -3.10. The minimum absolute atomic E-state index is 0.107. The van der Waals surface area contributed by atoms with Crippen LogP contribution in [0.25, 0.3) is 11.1 Å². The van der Waals surface area contributed by atoms with Crippen LogP contribution >= 0.6 is 0 Å². The lowest BCUT2D eigenvalue weighted by atomic mass is 9.97. The van der Waals surface area contributed by atoms with Crippen molar-refractivity contribution in [3.8, 4) is 29.5 Å². The van der Waals surface area contributed by atoms with Gasteiger partial charge in [-0.3, -0.25) is 0 Å². The highest BCUT2D eigenvalue weighted by Gasteiger charge is 2.37. The lowest BCUT2D eigenvalue weighted by molar-refractivity contribution is -0.137. The number of aryl methyl sites for hydroxylation is 1. The number of nitriles is 3. The first kappa shape index (κ1) is 16.2. The normalized spacial score (nSPS) is 13.6. The number of hydrogen-bond acceptors (Lipinski definition) is 4. The van der Waals surface area contributed by atoms with Gasteiger partial charge < -0.3 is 0 Å². The van der Waals surface area contributed by atoms with Gasteiger partial charge in [-0.05, 0) is 47.9 Å². The summed E-state index contributed by atoms with van der Waals surface area (Å²) >= 11 is 0. The van der Waals surface area contributed by atoms with Gasteiger partial charge in [-0.2, -0.15) is 33.9 Å². The Kier molecular flexibility index (Phi) is 3.55. The molecule has 0 amide bonds. The number of fused-ring (bicyclic) bond motifs is 3. The molecule has 25 heavy (non-hydrogen) atoms. The maximum absolute atomic E-state index is 13.2. The smallest absolute Gasteiger partial charge is 0.192 e. The van der Waals surface area contributed by atoms with E-state index in [1.807, 2.05) is 6.07 Å². The molecule has 0 fully saturated rings. The molecule has 0 saturated carbocycles. The molecular formula is C18H7F3N4. The molecule has 4 nitrogen and oxygen atoms in total. The van der Waals surface area contributed by atoms with Crippen molar-refractivity contribution in [1.82, 2.24) is 0 Å². The van der Waals surface area contributed by atoms with Crippen LogP contribution in [0.15, 0.2) is 29.3 Å². The number of alkyl halides is 3. The largest absolute Gasteiger partial charge is 0.417 e. The van der Waals surface area contributed by atoms with E-state index in [-0.39, 0.29) is 11.3 Å². The van der Waals surface area contributed by atoms with E-state index in [4.69, 9.17) is 10.5 Å². The third-order valence-corrected chi connectivity index (χ3v) is 4.03. The molecule has 3 rings (SSSR count). The van der Waals surface area contributed by atoms with Crippen LogP contribution in [0.5, 0.6) is 0 Å². The van der Waals surface area contributed by atoms with Crippen LogP contribution in [-0.4, -0.2) is 5.71 Å². The number of benzene rings is 2. The first-order valence-corrected chi connectivity index (χ1v) is 6.99. The molecule has 7 heteroatoms. The van der Waals surface area contributed by atoms with Gasteiger partial charge in [0.1, 0.15) is 0 Å². The van der Waals surface area contributed by atoms with Crippen molar-refractivity contribution in [3.63, 3.8) is 0 Å². The molecule has 0 spiro atoms. The summed E-state index contributed by atoms with van der Waals surface area (Å²) in [5, 5.41) is 27.2. The topological polar surface area (TPSA) is 83.7 Å². The van der Waals surface area contributed by atoms with E-state index in [9.17, 15) is 18.4 Å². The van der Waals surface area contributed by atoms with Gasteiger partial charge in [-0.25, -0.2) is 0 Å². The molecule has 1 aliphatic carbocycles. The van der Waals surface area contributed by atoms with Crippen LogP contribution in [-0.2, 0) is 6.18 Å². The summed E-state index contributed by atoms with van der Waals surface area (Å²) in [5.74, 6) is 0. The molecule has 0 aliphatic heterocycles. The van der Waals surface area contributed by atoms with Crippen LogP contribution < -0.4 is 0 Å². The van der Waals surface area contributed by atoms with E-state index < -0.39 is 17.3 Å². The van der Waals surface area contributed by atoms with Crippen LogP contribution in [0.1, 0.15) is 33.4 Å². The standard InChI is InChI=1S/C18H7F3N4/c1-9-2-14-12(3-10(9)6-22)13-4-11(7-23)16(18(19,20)21)5-15(13)17(14)25-8-24/h2-5H,1H3. The monoisotopic (exact) mass is 336 g/mol. The third kappa shape index (κ3) is 2.41. The predicted molar refractivity (Wildman–Crippen MR) is 82.3 cm³/mol. The molecule has 0 atom stereocenters. The highest BCUT2D eigenvalue weighted by Crippen LogP contribution is 2.43. The van der Waals surface area contributed by atoms with Gasteiger partial charge in [-0.1, -0.05) is 0 Å². The Hall–Kier alpha value is -3.63. The summed E-state index contributed by atoms with van der Waals surface area (Å²) in [6, 6.07) is 8.70. The molecule has 0 bridgehead atoms. The Labute approximate surface area is 140 Å². The Balaban J connectivity index is 2.42. The summed E-state index contributed by atoms with van der Waals surface area (Å²) < 4.78 is 39.7. The quantitative estimate of drug-likeness (QED) is 0.580. The molecule has 120 valence electrons. The zero-order valence-corrected chi connectivity index (χ0v) is 12.7. The fourth-order valence-corrected chi connectivity index (χ4v) is 2.91. The summed E-state index contributed by atoms with van der Waals surface area (Å²) in [7, 11) is 0. The van der Waals surface area contributed by atoms with Gasteiger partial charge in [0.2, 0.25) is 6.19 Å². The fourth-order valence-electron chi connectivity index (χ4n) is 2.91. The predicted octanol–water partition coefficient (Wildman–Crippen LogP) is 4.06. The number of rotatable bonds is 0. The van der Waals surface area contributed by atoms with Gasteiger partial charge >= 0.3 is 6.18 Å². The van der Waals surface area contributed by atoms with E-state index >= 15 is 0 Å². The second-order valence-electron chi connectivity index (χ2n) is 5.44. The second-order valence-corrected chi connectivity index (χ2v) is 5.44. The second kappa shape index (κ2) is 5.47. The molecule has 0 N–H and O–H groups in total. The van der Waals surface area contributed by atoms with Gasteiger partial charge in [0, 0.05) is 11.1 Å². The van der Waals surface area contributed by atoms with Gasteiger partial charge in [0.15, 0.2) is 0 Å². The van der Waals surface area contributed by atoms with E-state index in [0.717, 1.165) is 12.1 Å². The average Bonchev–Trinajstić information content (AvgIpc) is 2.85. The van der Waals surface area contributed by atoms with E-state index in [1.54, 1.807) is 25.3 Å². The average molecular weight is 336 g/mol. The molecule has 2 aromatic carbocycles. The van der Waals surface area contributed by atoms with Gasteiger partial charge in [-0.15, -0.1) is 0 Å². The van der Waals surface area contributed by atoms with Crippen molar-refractivity contribution < 1.29 is 13.2 Å². The molecule has 0 aromatic heterocycles. The van der Waals surface area contributed by atoms with Crippen LogP contribution in [0, 0.1) is 41.0 Å². The number of nitrogens with zero attached hydrogens (tertiary/aromatic N) is 4. The van der Waals surface area contributed by atoms with Crippen LogP contribution in [0.3, 0.4) is 0 Å². The molecule has 0 radical (unpaired) electrons. The lowest BCUT2D eigenvalue weighted by Gasteiger charge is -2.11. The Morgan fingerprint density at radius 1 is 0.840 bits per heavy atom. The number of halogens is 3. The fraction of sp³-hybridized carbons (Fsp3) is 0.111. The minimum Gasteiger partial charge on any atom is -0.192 e. The summed E-state index contributed by atoms with van der Waals surface area (Å²) in [5.41, 5.74) is 0.918. The summed E-state index contributed by atoms with van der Waals surface area (Å²) in [6.45, 7) is 1.69.